The van der Waals surface area contributed by atoms with E-state index in [1.165, 1.54) is 0 Å². The normalized spacial score (nSPS) is 13.0. The average Bonchev–Trinajstić information content (AvgIpc) is 2.41. The van der Waals surface area contributed by atoms with E-state index in [1.807, 2.05) is 11.2 Å². The summed E-state index contributed by atoms with van der Waals surface area (Å²) in [6.45, 7) is 3.60. The summed E-state index contributed by atoms with van der Waals surface area (Å²) in [6.07, 6.45) is 4.80. The van der Waals surface area contributed by atoms with Gasteiger partial charge in [0.15, 0.2) is 0 Å². The Morgan fingerprint density at radius 1 is 1.00 bits per heavy atom. The number of carbonyl (C=O) groups is 1. The molecular weight excluding hydrogens is 284 g/mol. The van der Waals surface area contributed by atoms with E-state index in [0.29, 0.717) is 0 Å². The molecule has 126 valence electrons. The monoisotopic (exact) mass is 318 g/mol. The van der Waals surface area contributed by atoms with Crippen molar-refractivity contribution in [2.75, 3.05) is 66.4 Å². The Balaban J connectivity index is 4.35. The maximum atomic E-state index is 12.5. The molecule has 0 aliphatic carbocycles. The Morgan fingerprint density at radius 2 is 1.48 bits per heavy atom. The van der Waals surface area contributed by atoms with Crippen LogP contribution in [-0.2, 0) is 4.79 Å². The fourth-order valence-corrected chi connectivity index (χ4v) is 2.58. The topological polar surface area (TPSA) is 52.8 Å². The molecule has 0 rings (SSSR count). The largest absolute Gasteiger partial charge is 0.341 e. The minimum atomic E-state index is -0.351. The summed E-state index contributed by atoms with van der Waals surface area (Å²) in [7, 11) is 8.23. The molecule has 5 nitrogen and oxygen atoms in total. The van der Waals surface area contributed by atoms with E-state index in [2.05, 4.69) is 38.0 Å². The number of amides is 1. The number of thioether (sulfide) groups is 1. The Labute approximate surface area is 135 Å². The molecule has 0 unspecified atom stereocenters. The smallest absolute Gasteiger partial charge is 0.239 e. The standard InChI is InChI=1S/C15H34N4OS/c1-17(2)9-6-11-19(12-7-10-18(3)4)15(20)14(16)8-13-21-5/h14H,6-13,16H2,1-5H3/t14-/m0/s1. The second kappa shape index (κ2) is 12.3. The molecule has 0 spiro atoms. The first kappa shape index (κ1) is 20.7. The van der Waals surface area contributed by atoms with Gasteiger partial charge in [-0.15, -0.1) is 0 Å². The molecule has 0 fully saturated rings. The second-order valence-electron chi connectivity index (χ2n) is 6.03. The summed E-state index contributed by atoms with van der Waals surface area (Å²) < 4.78 is 0. The molecule has 0 heterocycles. The summed E-state index contributed by atoms with van der Waals surface area (Å²) in [5.74, 6) is 1.05. The number of carbonyl (C=O) groups excluding carboxylic acids is 1. The van der Waals surface area contributed by atoms with Crippen molar-refractivity contribution >= 4 is 17.7 Å². The Morgan fingerprint density at radius 3 is 1.86 bits per heavy atom. The molecule has 0 radical (unpaired) electrons. The van der Waals surface area contributed by atoms with Gasteiger partial charge in [-0.25, -0.2) is 0 Å². The molecule has 0 aromatic rings. The molecule has 6 heteroatoms. The van der Waals surface area contributed by atoms with Gasteiger partial charge in [0.1, 0.15) is 0 Å². The molecule has 0 aromatic carbocycles. The van der Waals surface area contributed by atoms with Gasteiger partial charge in [-0.3, -0.25) is 4.79 Å². The van der Waals surface area contributed by atoms with Crippen molar-refractivity contribution in [3.63, 3.8) is 0 Å². The first-order valence-electron chi connectivity index (χ1n) is 7.71. The number of rotatable bonds is 12. The fourth-order valence-electron chi connectivity index (χ4n) is 2.09. The van der Waals surface area contributed by atoms with E-state index in [0.717, 1.165) is 51.2 Å². The molecule has 0 aliphatic rings. The van der Waals surface area contributed by atoms with Crippen LogP contribution in [0.2, 0.25) is 0 Å². The quantitative estimate of drug-likeness (QED) is 0.577. The third-order valence-electron chi connectivity index (χ3n) is 3.33. The third-order valence-corrected chi connectivity index (χ3v) is 3.97. The lowest BCUT2D eigenvalue weighted by Crippen LogP contribution is -2.45. The van der Waals surface area contributed by atoms with Gasteiger partial charge in [0, 0.05) is 13.1 Å². The van der Waals surface area contributed by atoms with E-state index in [1.54, 1.807) is 11.8 Å². The van der Waals surface area contributed by atoms with Gasteiger partial charge in [-0.1, -0.05) is 0 Å². The van der Waals surface area contributed by atoms with Crippen LogP contribution < -0.4 is 5.73 Å². The molecule has 1 atom stereocenters. The number of nitrogens with two attached hydrogens (primary N) is 1. The van der Waals surface area contributed by atoms with E-state index >= 15 is 0 Å². The molecule has 21 heavy (non-hydrogen) atoms. The lowest BCUT2D eigenvalue weighted by Gasteiger charge is -2.27. The minimum Gasteiger partial charge on any atom is -0.341 e. The third kappa shape index (κ3) is 11.0. The molecular formula is C15H34N4OS. The SMILES string of the molecule is CSCC[C@H](N)C(=O)N(CCCN(C)C)CCCN(C)C. The number of hydrogen-bond donors (Lipinski definition) is 1. The highest BCUT2D eigenvalue weighted by atomic mass is 32.2. The van der Waals surface area contributed by atoms with Crippen LogP contribution in [0.25, 0.3) is 0 Å². The van der Waals surface area contributed by atoms with Gasteiger partial charge < -0.3 is 20.4 Å². The van der Waals surface area contributed by atoms with Crippen LogP contribution in [0.4, 0.5) is 0 Å². The summed E-state index contributed by atoms with van der Waals surface area (Å²) >= 11 is 1.74. The highest BCUT2D eigenvalue weighted by Gasteiger charge is 2.20. The van der Waals surface area contributed by atoms with Crippen LogP contribution in [0.5, 0.6) is 0 Å². The second-order valence-corrected chi connectivity index (χ2v) is 7.01. The average molecular weight is 319 g/mol. The van der Waals surface area contributed by atoms with Crippen LogP contribution in [0.1, 0.15) is 19.3 Å². The Kier molecular flexibility index (Phi) is 12.1. The predicted molar refractivity (Wildman–Crippen MR) is 93.9 cm³/mol. The van der Waals surface area contributed by atoms with E-state index in [4.69, 9.17) is 5.73 Å². The maximum absolute atomic E-state index is 12.5. The first-order valence-corrected chi connectivity index (χ1v) is 9.10. The van der Waals surface area contributed by atoms with E-state index < -0.39 is 0 Å². The zero-order valence-corrected chi connectivity index (χ0v) is 15.3. The summed E-state index contributed by atoms with van der Waals surface area (Å²) in [4.78, 5) is 18.7. The van der Waals surface area contributed by atoms with E-state index in [9.17, 15) is 4.79 Å². The highest BCUT2D eigenvalue weighted by molar-refractivity contribution is 7.98. The number of hydrogen-bond acceptors (Lipinski definition) is 5. The highest BCUT2D eigenvalue weighted by Crippen LogP contribution is 2.05. The van der Waals surface area contributed by atoms with Crippen molar-refractivity contribution in [2.24, 2.45) is 5.73 Å². The van der Waals surface area contributed by atoms with Gasteiger partial charge in [-0.05, 0) is 72.6 Å². The van der Waals surface area contributed by atoms with Crippen molar-refractivity contribution in [2.45, 2.75) is 25.3 Å². The Hall–Kier alpha value is -0.300. The summed E-state index contributed by atoms with van der Waals surface area (Å²) in [6, 6.07) is -0.351. The van der Waals surface area contributed by atoms with Crippen LogP contribution in [0.15, 0.2) is 0 Å². The van der Waals surface area contributed by atoms with Gasteiger partial charge in [-0.2, -0.15) is 11.8 Å². The number of nitrogens with zero attached hydrogens (tertiary/aromatic N) is 3. The molecule has 1 amide bonds. The van der Waals surface area contributed by atoms with Crippen LogP contribution >= 0.6 is 11.8 Å². The molecule has 0 saturated carbocycles. The summed E-state index contributed by atoms with van der Waals surface area (Å²) in [5, 5.41) is 0. The van der Waals surface area contributed by atoms with Crippen molar-refractivity contribution in [1.82, 2.24) is 14.7 Å². The first-order chi connectivity index (χ1) is 9.88. The van der Waals surface area contributed by atoms with Gasteiger partial charge in [0.25, 0.3) is 0 Å². The lowest BCUT2D eigenvalue weighted by atomic mass is 10.2. The van der Waals surface area contributed by atoms with Crippen molar-refractivity contribution in [3.05, 3.63) is 0 Å². The van der Waals surface area contributed by atoms with Crippen molar-refractivity contribution < 1.29 is 4.79 Å². The molecule has 0 bridgehead atoms. The van der Waals surface area contributed by atoms with Crippen molar-refractivity contribution in [3.8, 4) is 0 Å². The lowest BCUT2D eigenvalue weighted by molar-refractivity contribution is -0.132. The van der Waals surface area contributed by atoms with Crippen LogP contribution in [0, 0.1) is 0 Å². The molecule has 0 aliphatic heterocycles. The predicted octanol–water partition coefficient (Wildman–Crippen LogP) is 0.799. The van der Waals surface area contributed by atoms with Crippen LogP contribution in [0.3, 0.4) is 0 Å². The van der Waals surface area contributed by atoms with E-state index in [-0.39, 0.29) is 11.9 Å². The van der Waals surface area contributed by atoms with Gasteiger partial charge >= 0.3 is 0 Å². The van der Waals surface area contributed by atoms with Crippen LogP contribution in [-0.4, -0.2) is 93.0 Å². The van der Waals surface area contributed by atoms with Gasteiger partial charge in [0.05, 0.1) is 6.04 Å². The van der Waals surface area contributed by atoms with Gasteiger partial charge in [0.2, 0.25) is 5.91 Å². The zero-order chi connectivity index (χ0) is 16.3. The molecule has 0 aromatic heterocycles. The zero-order valence-electron chi connectivity index (χ0n) is 14.5. The minimum absolute atomic E-state index is 0.113. The fraction of sp³-hybridized carbons (Fsp3) is 0.933. The van der Waals surface area contributed by atoms with Crippen molar-refractivity contribution in [1.29, 1.82) is 0 Å². The molecule has 0 saturated heterocycles. The maximum Gasteiger partial charge on any atom is 0.239 e. The Bertz CT molecular complexity index is 260. The summed E-state index contributed by atoms with van der Waals surface area (Å²) in [5.41, 5.74) is 6.04. The molecule has 2 N–H and O–H groups in total.